The van der Waals surface area contributed by atoms with Crippen molar-refractivity contribution in [3.05, 3.63) is 69.2 Å². The molecule has 0 fully saturated rings. The lowest BCUT2D eigenvalue weighted by Crippen LogP contribution is -2.42. The van der Waals surface area contributed by atoms with E-state index in [9.17, 15) is 14.4 Å². The summed E-state index contributed by atoms with van der Waals surface area (Å²) < 4.78 is 0. The molecule has 0 saturated heterocycles. The van der Waals surface area contributed by atoms with Gasteiger partial charge in [-0.05, 0) is 54.7 Å². The molecule has 1 heterocycles. The lowest BCUT2D eigenvalue weighted by atomic mass is 9.97. The predicted octanol–water partition coefficient (Wildman–Crippen LogP) is 5.35. The molecule has 3 atom stereocenters. The van der Waals surface area contributed by atoms with E-state index in [-0.39, 0.29) is 42.9 Å². The number of halogens is 2. The van der Waals surface area contributed by atoms with Gasteiger partial charge < -0.3 is 15.3 Å². The quantitative estimate of drug-likeness (QED) is 0.443. The normalized spacial score (nSPS) is 17.2. The lowest BCUT2D eigenvalue weighted by molar-refractivity contribution is -0.136. The van der Waals surface area contributed by atoms with Crippen molar-refractivity contribution in [3.8, 4) is 0 Å². The van der Waals surface area contributed by atoms with Crippen molar-refractivity contribution in [1.29, 1.82) is 0 Å². The average molecular weight is 518 g/mol. The van der Waals surface area contributed by atoms with Gasteiger partial charge in [-0.25, -0.2) is 0 Å². The van der Waals surface area contributed by atoms with Crippen LogP contribution in [0, 0.1) is 5.92 Å². The van der Waals surface area contributed by atoms with Gasteiger partial charge in [0, 0.05) is 27.7 Å². The Morgan fingerprint density at radius 3 is 2.26 bits per heavy atom. The van der Waals surface area contributed by atoms with E-state index < -0.39 is 5.97 Å². The summed E-state index contributed by atoms with van der Waals surface area (Å²) >= 11 is 12.4. The number of carboxylic acids is 1. The van der Waals surface area contributed by atoms with Crippen LogP contribution < -0.4 is 5.32 Å². The topological polar surface area (TPSA) is 99.1 Å². The highest BCUT2D eigenvalue weighted by atomic mass is 35.5. The molecule has 186 valence electrons. The minimum Gasteiger partial charge on any atom is -0.481 e. The van der Waals surface area contributed by atoms with Gasteiger partial charge in [-0.2, -0.15) is 0 Å². The third-order valence-electron chi connectivity index (χ3n) is 6.18. The average Bonchev–Trinajstić information content (AvgIpc) is 3.15. The molecule has 2 N–H and O–H groups in total. The number of hydrogen-bond donors (Lipinski definition) is 2. The van der Waals surface area contributed by atoms with Gasteiger partial charge >= 0.3 is 5.97 Å². The fourth-order valence-corrected chi connectivity index (χ4v) is 4.68. The molecule has 2 amide bonds. The standard InChI is InChI=1S/C26H29Cl2N3O4/c1-4-15(3)24-30-23(18-12-19(27)14-20(28)13-18)26(35)31(24)21(5-2)16-6-8-17(9-7-16)25(34)29-11-10-22(32)33/h6-9,12-15,21,24H,4-5,10-11H2,1-3H3,(H,29,34)(H,32,33)/t15?,21-,24?/m1/s1. The molecule has 2 aromatic rings. The minimum absolute atomic E-state index is 0.0556. The molecule has 3 rings (SSSR count). The molecule has 9 heteroatoms. The van der Waals surface area contributed by atoms with Gasteiger partial charge in [-0.3, -0.25) is 19.4 Å². The fraction of sp³-hybridized carbons (Fsp3) is 0.385. The zero-order valence-electron chi connectivity index (χ0n) is 19.9. The summed E-state index contributed by atoms with van der Waals surface area (Å²) in [6, 6.07) is 11.8. The number of hydrogen-bond acceptors (Lipinski definition) is 4. The van der Waals surface area contributed by atoms with Gasteiger partial charge in [0.05, 0.1) is 12.5 Å². The molecule has 0 spiro atoms. The van der Waals surface area contributed by atoms with Crippen molar-refractivity contribution in [3.63, 3.8) is 0 Å². The Labute approximate surface area is 215 Å². The molecule has 0 aromatic heterocycles. The van der Waals surface area contributed by atoms with Gasteiger partial charge in [-0.1, -0.05) is 56.1 Å². The van der Waals surface area contributed by atoms with E-state index in [1.807, 2.05) is 24.0 Å². The van der Waals surface area contributed by atoms with Crippen LogP contribution in [0.1, 0.15) is 67.6 Å². The molecule has 7 nitrogen and oxygen atoms in total. The van der Waals surface area contributed by atoms with Gasteiger partial charge in [0.15, 0.2) is 0 Å². The summed E-state index contributed by atoms with van der Waals surface area (Å²) in [5.74, 6) is -1.38. The van der Waals surface area contributed by atoms with Crippen molar-refractivity contribution in [2.75, 3.05) is 6.54 Å². The fourth-order valence-electron chi connectivity index (χ4n) is 4.15. The molecule has 0 aliphatic carbocycles. The molecule has 35 heavy (non-hydrogen) atoms. The number of aliphatic carboxylic acids is 1. The van der Waals surface area contributed by atoms with E-state index in [1.165, 1.54) is 0 Å². The highest BCUT2D eigenvalue weighted by molar-refractivity contribution is 6.47. The molecular weight excluding hydrogens is 489 g/mol. The SMILES string of the molecule is CCC(C)C1N=C(c2cc(Cl)cc(Cl)c2)C(=O)N1[C@H](CC)c1ccc(C(=O)NCCC(=O)O)cc1. The minimum atomic E-state index is -0.973. The summed E-state index contributed by atoms with van der Waals surface area (Å²) in [6.07, 6.45) is 1.01. The van der Waals surface area contributed by atoms with Gasteiger partial charge in [0.25, 0.3) is 11.8 Å². The van der Waals surface area contributed by atoms with E-state index in [0.29, 0.717) is 33.3 Å². The van der Waals surface area contributed by atoms with Crippen LogP contribution in [0.3, 0.4) is 0 Å². The third kappa shape index (κ3) is 6.21. The largest absolute Gasteiger partial charge is 0.481 e. The number of nitrogens with zero attached hydrogens (tertiary/aromatic N) is 2. The van der Waals surface area contributed by atoms with Crippen LogP contribution in [0.5, 0.6) is 0 Å². The first-order valence-electron chi connectivity index (χ1n) is 11.6. The Hall–Kier alpha value is -2.90. The number of carbonyl (C=O) groups is 3. The summed E-state index contributed by atoms with van der Waals surface area (Å²) in [5, 5.41) is 12.2. The van der Waals surface area contributed by atoms with Crippen molar-refractivity contribution in [2.45, 2.75) is 52.2 Å². The van der Waals surface area contributed by atoms with Gasteiger partial charge in [0.1, 0.15) is 11.9 Å². The molecule has 1 aliphatic heterocycles. The molecular formula is C26H29Cl2N3O4. The Kier molecular flexibility index (Phi) is 8.92. The van der Waals surface area contributed by atoms with Crippen molar-refractivity contribution >= 4 is 46.7 Å². The van der Waals surface area contributed by atoms with E-state index in [1.54, 1.807) is 30.3 Å². The lowest BCUT2D eigenvalue weighted by Gasteiger charge is -2.34. The van der Waals surface area contributed by atoms with Gasteiger partial charge in [-0.15, -0.1) is 0 Å². The second-order valence-corrected chi connectivity index (χ2v) is 9.47. The number of carbonyl (C=O) groups excluding carboxylic acids is 2. The Morgan fingerprint density at radius 2 is 1.71 bits per heavy atom. The van der Waals surface area contributed by atoms with Crippen LogP contribution >= 0.6 is 23.2 Å². The number of rotatable bonds is 10. The Bertz CT molecular complexity index is 1110. The second-order valence-electron chi connectivity index (χ2n) is 8.59. The first-order valence-corrected chi connectivity index (χ1v) is 12.4. The van der Waals surface area contributed by atoms with Crippen LogP contribution in [0.4, 0.5) is 0 Å². The van der Waals surface area contributed by atoms with Crippen molar-refractivity contribution in [1.82, 2.24) is 10.2 Å². The maximum atomic E-state index is 13.7. The highest BCUT2D eigenvalue weighted by Gasteiger charge is 2.41. The Morgan fingerprint density at radius 1 is 1.09 bits per heavy atom. The van der Waals surface area contributed by atoms with Crippen LogP contribution in [0.15, 0.2) is 47.5 Å². The summed E-state index contributed by atoms with van der Waals surface area (Å²) in [4.78, 5) is 43.3. The first kappa shape index (κ1) is 26.7. The maximum Gasteiger partial charge on any atom is 0.305 e. The van der Waals surface area contributed by atoms with E-state index in [0.717, 1.165) is 12.0 Å². The molecule has 1 aliphatic rings. The summed E-state index contributed by atoms with van der Waals surface area (Å²) in [6.45, 7) is 6.20. The second kappa shape index (κ2) is 11.7. The smallest absolute Gasteiger partial charge is 0.305 e. The van der Waals surface area contributed by atoms with E-state index >= 15 is 0 Å². The van der Waals surface area contributed by atoms with Crippen LogP contribution in [0.25, 0.3) is 0 Å². The third-order valence-corrected chi connectivity index (χ3v) is 6.61. The first-order chi connectivity index (χ1) is 16.7. The number of nitrogens with one attached hydrogen (secondary N) is 1. The highest BCUT2D eigenvalue weighted by Crippen LogP contribution is 2.35. The zero-order chi connectivity index (χ0) is 25.7. The van der Waals surface area contributed by atoms with Crippen molar-refractivity contribution < 1.29 is 19.5 Å². The summed E-state index contributed by atoms with van der Waals surface area (Å²) in [7, 11) is 0. The number of carboxylic acid groups (broad SMARTS) is 1. The number of benzene rings is 2. The number of aliphatic imine (C=N–C) groups is 1. The van der Waals surface area contributed by atoms with Gasteiger partial charge in [0.2, 0.25) is 0 Å². The summed E-state index contributed by atoms with van der Waals surface area (Å²) in [5.41, 5.74) is 2.24. The zero-order valence-corrected chi connectivity index (χ0v) is 21.4. The Balaban J connectivity index is 1.88. The van der Waals surface area contributed by atoms with Crippen molar-refractivity contribution in [2.24, 2.45) is 10.9 Å². The molecule has 0 bridgehead atoms. The number of amides is 2. The predicted molar refractivity (Wildman–Crippen MR) is 137 cm³/mol. The monoisotopic (exact) mass is 517 g/mol. The molecule has 2 unspecified atom stereocenters. The molecule has 2 aromatic carbocycles. The maximum absolute atomic E-state index is 13.7. The van der Waals surface area contributed by atoms with Crippen LogP contribution in [-0.4, -0.2) is 46.2 Å². The van der Waals surface area contributed by atoms with Crippen LogP contribution in [-0.2, 0) is 9.59 Å². The van der Waals surface area contributed by atoms with Crippen LogP contribution in [0.2, 0.25) is 10.0 Å². The molecule has 0 radical (unpaired) electrons. The van der Waals surface area contributed by atoms with E-state index in [4.69, 9.17) is 33.3 Å². The molecule has 0 saturated carbocycles. The van der Waals surface area contributed by atoms with E-state index in [2.05, 4.69) is 19.2 Å².